The summed E-state index contributed by atoms with van der Waals surface area (Å²) in [7, 11) is -1.96. The molecule has 33 heavy (non-hydrogen) atoms. The summed E-state index contributed by atoms with van der Waals surface area (Å²) in [4.78, 5) is 38.8. The molecule has 9 heteroatoms. The number of amides is 3. The number of benzene rings is 1. The van der Waals surface area contributed by atoms with Gasteiger partial charge in [-0.05, 0) is 49.9 Å². The molecular weight excluding hydrogens is 442 g/mol. The topological polar surface area (TPSA) is 104 Å². The monoisotopic (exact) mass is 473 g/mol. The highest BCUT2D eigenvalue weighted by Crippen LogP contribution is 2.35. The van der Waals surface area contributed by atoms with Crippen LogP contribution in [0.1, 0.15) is 51.4 Å². The van der Waals surface area contributed by atoms with Crippen molar-refractivity contribution in [3.05, 3.63) is 36.4 Å². The summed E-state index contributed by atoms with van der Waals surface area (Å²) in [6.07, 6.45) is 10.00. The van der Waals surface area contributed by atoms with E-state index in [9.17, 15) is 22.8 Å². The number of hydrogen-bond donors (Lipinski definition) is 1. The molecule has 3 aliphatic rings. The number of anilines is 1. The van der Waals surface area contributed by atoms with Gasteiger partial charge in [0.15, 0.2) is 0 Å². The third-order valence-corrected chi connectivity index (χ3v) is 8.99. The van der Waals surface area contributed by atoms with E-state index in [0.717, 1.165) is 32.1 Å². The van der Waals surface area contributed by atoms with Gasteiger partial charge in [0.2, 0.25) is 27.7 Å². The zero-order chi connectivity index (χ0) is 23.6. The van der Waals surface area contributed by atoms with Crippen LogP contribution in [0, 0.1) is 11.8 Å². The van der Waals surface area contributed by atoms with Gasteiger partial charge in [-0.1, -0.05) is 31.4 Å². The molecule has 2 unspecified atom stereocenters. The number of imide groups is 1. The fourth-order valence-electron chi connectivity index (χ4n) is 5.04. The highest BCUT2D eigenvalue weighted by molar-refractivity contribution is 7.89. The Morgan fingerprint density at radius 2 is 1.58 bits per heavy atom. The van der Waals surface area contributed by atoms with Gasteiger partial charge >= 0.3 is 0 Å². The summed E-state index contributed by atoms with van der Waals surface area (Å²) in [5, 5.41) is 2.72. The molecule has 2 atom stereocenters. The van der Waals surface area contributed by atoms with Gasteiger partial charge in [0, 0.05) is 31.7 Å². The molecule has 1 saturated heterocycles. The molecule has 1 aromatic rings. The summed E-state index contributed by atoms with van der Waals surface area (Å²) >= 11 is 0. The van der Waals surface area contributed by atoms with Gasteiger partial charge in [-0.25, -0.2) is 8.42 Å². The fraction of sp³-hybridized carbons (Fsp3) is 0.542. The zero-order valence-electron chi connectivity index (χ0n) is 18.9. The summed E-state index contributed by atoms with van der Waals surface area (Å²) in [6.45, 7) is 0.0507. The molecule has 2 fully saturated rings. The number of sulfonamides is 1. The van der Waals surface area contributed by atoms with Gasteiger partial charge in [-0.15, -0.1) is 0 Å². The molecule has 0 spiro atoms. The Morgan fingerprint density at radius 3 is 2.15 bits per heavy atom. The highest BCUT2D eigenvalue weighted by Gasteiger charge is 2.46. The number of hydrogen-bond acceptors (Lipinski definition) is 5. The number of allylic oxidation sites excluding steroid dienone is 2. The van der Waals surface area contributed by atoms with E-state index in [0.29, 0.717) is 18.5 Å². The minimum Gasteiger partial charge on any atom is -0.326 e. The van der Waals surface area contributed by atoms with E-state index in [1.165, 1.54) is 21.3 Å². The van der Waals surface area contributed by atoms with E-state index in [2.05, 4.69) is 5.32 Å². The van der Waals surface area contributed by atoms with Crippen LogP contribution in [-0.4, -0.2) is 55.0 Å². The first kappa shape index (κ1) is 23.6. The molecule has 4 rings (SSSR count). The number of fused-ring (bicyclic) bond motifs is 1. The largest absolute Gasteiger partial charge is 0.326 e. The molecule has 1 saturated carbocycles. The Balaban J connectivity index is 1.32. The Bertz CT molecular complexity index is 1020. The first-order valence-corrected chi connectivity index (χ1v) is 13.1. The minimum absolute atomic E-state index is 0.00514. The first-order chi connectivity index (χ1) is 15.8. The zero-order valence-corrected chi connectivity index (χ0v) is 19.7. The number of carbonyl (C=O) groups excluding carboxylic acids is 3. The Morgan fingerprint density at radius 1 is 1.00 bits per heavy atom. The molecule has 3 amide bonds. The van der Waals surface area contributed by atoms with Crippen LogP contribution in [0.2, 0.25) is 0 Å². The molecule has 1 aliphatic heterocycles. The van der Waals surface area contributed by atoms with E-state index >= 15 is 0 Å². The van der Waals surface area contributed by atoms with Crippen molar-refractivity contribution in [2.45, 2.75) is 62.3 Å². The lowest BCUT2D eigenvalue weighted by molar-refractivity contribution is -0.140. The van der Waals surface area contributed by atoms with Crippen LogP contribution in [0.4, 0.5) is 5.69 Å². The number of nitrogens with one attached hydrogen (secondary N) is 1. The smallest absolute Gasteiger partial charge is 0.243 e. The Hall–Kier alpha value is -2.52. The molecule has 8 nitrogen and oxygen atoms in total. The van der Waals surface area contributed by atoms with Crippen LogP contribution in [0.15, 0.2) is 41.3 Å². The number of likely N-dealkylation sites (tertiary alicyclic amines) is 1. The molecule has 178 valence electrons. The van der Waals surface area contributed by atoms with Crippen LogP contribution in [0.5, 0.6) is 0 Å². The fourth-order valence-corrected chi connectivity index (χ4v) is 6.46. The SMILES string of the molecule is CN(C1CCCCC1)S(=O)(=O)c1ccc(NC(=O)CCN2C(=O)C3CC=CCC3C2=O)cc1. The predicted molar refractivity (Wildman–Crippen MR) is 124 cm³/mol. The average molecular weight is 474 g/mol. The standard InChI is InChI=1S/C24H31N3O5S/c1-26(18-7-3-2-4-8-18)33(31,32)19-13-11-17(12-14-19)25-22(28)15-16-27-23(29)20-9-5-6-10-21(20)24(27)30/h5-6,11-14,18,20-21H,2-4,7-10,15-16H2,1H3,(H,25,28). The maximum absolute atomic E-state index is 12.9. The number of nitrogens with zero attached hydrogens (tertiary/aromatic N) is 2. The van der Waals surface area contributed by atoms with E-state index < -0.39 is 10.0 Å². The first-order valence-electron chi connectivity index (χ1n) is 11.7. The van der Waals surface area contributed by atoms with Crippen LogP contribution in [-0.2, 0) is 24.4 Å². The van der Waals surface area contributed by atoms with Crippen molar-refractivity contribution in [2.24, 2.45) is 11.8 Å². The summed E-state index contributed by atoms with van der Waals surface area (Å²) < 4.78 is 27.4. The molecular formula is C24H31N3O5S. The van der Waals surface area contributed by atoms with Gasteiger partial charge in [0.25, 0.3) is 0 Å². The van der Waals surface area contributed by atoms with E-state index in [1.807, 2.05) is 12.2 Å². The van der Waals surface area contributed by atoms with Crippen LogP contribution in [0.25, 0.3) is 0 Å². The average Bonchev–Trinajstić information content (AvgIpc) is 3.08. The van der Waals surface area contributed by atoms with Crippen LogP contribution < -0.4 is 5.32 Å². The lowest BCUT2D eigenvalue weighted by Crippen LogP contribution is -2.38. The van der Waals surface area contributed by atoms with Crippen molar-refractivity contribution in [3.63, 3.8) is 0 Å². The van der Waals surface area contributed by atoms with Crippen molar-refractivity contribution in [1.29, 1.82) is 0 Å². The second kappa shape index (κ2) is 9.77. The van der Waals surface area contributed by atoms with Crippen LogP contribution in [0.3, 0.4) is 0 Å². The molecule has 0 bridgehead atoms. The quantitative estimate of drug-likeness (QED) is 0.484. The minimum atomic E-state index is -3.59. The number of carbonyl (C=O) groups is 3. The summed E-state index contributed by atoms with van der Waals surface area (Å²) in [6, 6.07) is 6.14. The third-order valence-electron chi connectivity index (χ3n) is 7.07. The molecule has 0 radical (unpaired) electrons. The lowest BCUT2D eigenvalue weighted by Gasteiger charge is -2.30. The van der Waals surface area contributed by atoms with Gasteiger partial charge in [-0.3, -0.25) is 19.3 Å². The Labute approximate surface area is 195 Å². The molecule has 1 aromatic carbocycles. The van der Waals surface area contributed by atoms with Crippen molar-refractivity contribution in [3.8, 4) is 0 Å². The number of rotatable bonds is 7. The van der Waals surface area contributed by atoms with Crippen molar-refractivity contribution >= 4 is 33.4 Å². The van der Waals surface area contributed by atoms with Gasteiger partial charge < -0.3 is 5.32 Å². The highest BCUT2D eigenvalue weighted by atomic mass is 32.2. The molecule has 1 heterocycles. The second-order valence-corrected chi connectivity index (χ2v) is 11.1. The van der Waals surface area contributed by atoms with E-state index in [-0.39, 0.29) is 53.5 Å². The maximum Gasteiger partial charge on any atom is 0.243 e. The summed E-state index contributed by atoms with van der Waals surface area (Å²) in [5.74, 6) is -1.32. The van der Waals surface area contributed by atoms with Crippen molar-refractivity contribution in [2.75, 3.05) is 18.9 Å². The molecule has 0 aromatic heterocycles. The third kappa shape index (κ3) is 4.89. The summed E-state index contributed by atoms with van der Waals surface area (Å²) in [5.41, 5.74) is 0.469. The van der Waals surface area contributed by atoms with Crippen molar-refractivity contribution in [1.82, 2.24) is 9.21 Å². The molecule has 1 N–H and O–H groups in total. The lowest BCUT2D eigenvalue weighted by atomic mass is 9.85. The normalized spacial score (nSPS) is 23.8. The Kier molecular flexibility index (Phi) is 6.99. The maximum atomic E-state index is 12.9. The molecule has 2 aliphatic carbocycles. The van der Waals surface area contributed by atoms with Crippen LogP contribution >= 0.6 is 0 Å². The van der Waals surface area contributed by atoms with Gasteiger partial charge in [0.1, 0.15) is 0 Å². The van der Waals surface area contributed by atoms with Crippen molar-refractivity contribution < 1.29 is 22.8 Å². The van der Waals surface area contributed by atoms with E-state index in [4.69, 9.17) is 0 Å². The predicted octanol–water partition coefficient (Wildman–Crippen LogP) is 2.92. The second-order valence-electron chi connectivity index (χ2n) is 9.12. The van der Waals surface area contributed by atoms with Gasteiger partial charge in [0.05, 0.1) is 16.7 Å². The van der Waals surface area contributed by atoms with Gasteiger partial charge in [-0.2, -0.15) is 4.31 Å². The van der Waals surface area contributed by atoms with E-state index in [1.54, 1.807) is 19.2 Å².